The van der Waals surface area contributed by atoms with Crippen LogP contribution in [-0.2, 0) is 9.59 Å². The zero-order valence-electron chi connectivity index (χ0n) is 20.6. The molecule has 186 valence electrons. The average Bonchev–Trinajstić information content (AvgIpc) is 3.33. The smallest absolute Gasteiger partial charge is 0.234 e. The molecule has 2 heterocycles. The molecule has 0 unspecified atom stereocenters. The molecule has 3 aromatic rings. The number of amides is 1. The summed E-state index contributed by atoms with van der Waals surface area (Å²) in [5.41, 5.74) is 2.68. The Bertz CT molecular complexity index is 1480. The van der Waals surface area contributed by atoms with Gasteiger partial charge in [-0.3, -0.25) is 14.4 Å². The fourth-order valence-corrected chi connectivity index (χ4v) is 5.14. The van der Waals surface area contributed by atoms with Crippen molar-refractivity contribution in [3.8, 4) is 6.07 Å². The number of allylic oxidation sites excluding steroid dienone is 3. The summed E-state index contributed by atoms with van der Waals surface area (Å²) in [6.07, 6.45) is 0. The van der Waals surface area contributed by atoms with E-state index >= 15 is 0 Å². The number of ketones is 2. The number of carbonyl (C=O) groups excluding carboxylic acids is 3. The molecule has 1 aromatic heterocycles. The largest absolute Gasteiger partial charge is 0.465 e. The van der Waals surface area contributed by atoms with Crippen molar-refractivity contribution in [2.24, 2.45) is 0 Å². The summed E-state index contributed by atoms with van der Waals surface area (Å²) < 4.78 is 5.79. The SMILES string of the molecule is CC(=O)C1=C(C)NC(SCC(=O)Nc2ccccc2C(=O)c2ccccc2)=C(C#N)[C@H]1c1ccc(C)o1. The third-order valence-electron chi connectivity index (χ3n) is 5.90. The van der Waals surface area contributed by atoms with E-state index < -0.39 is 5.92 Å². The first-order valence-electron chi connectivity index (χ1n) is 11.6. The number of nitrogens with zero attached hydrogens (tertiary/aromatic N) is 1. The van der Waals surface area contributed by atoms with E-state index in [1.54, 1.807) is 74.5 Å². The lowest BCUT2D eigenvalue weighted by Gasteiger charge is -2.27. The molecule has 37 heavy (non-hydrogen) atoms. The van der Waals surface area contributed by atoms with E-state index in [0.29, 0.717) is 50.2 Å². The van der Waals surface area contributed by atoms with Crippen LogP contribution in [0.4, 0.5) is 5.69 Å². The summed E-state index contributed by atoms with van der Waals surface area (Å²) in [4.78, 5) is 38.3. The molecule has 1 aliphatic rings. The number of hydrogen-bond acceptors (Lipinski definition) is 7. The van der Waals surface area contributed by atoms with Gasteiger partial charge in [-0.1, -0.05) is 54.2 Å². The van der Waals surface area contributed by atoms with Crippen molar-refractivity contribution in [1.82, 2.24) is 5.32 Å². The Labute approximate surface area is 219 Å². The van der Waals surface area contributed by atoms with Gasteiger partial charge >= 0.3 is 0 Å². The van der Waals surface area contributed by atoms with Crippen LogP contribution in [0.25, 0.3) is 0 Å². The fourth-order valence-electron chi connectivity index (χ4n) is 4.25. The van der Waals surface area contributed by atoms with E-state index in [1.807, 2.05) is 6.07 Å². The van der Waals surface area contributed by atoms with Gasteiger partial charge in [-0.15, -0.1) is 0 Å². The molecule has 8 heteroatoms. The van der Waals surface area contributed by atoms with E-state index in [2.05, 4.69) is 16.7 Å². The summed E-state index contributed by atoms with van der Waals surface area (Å²) in [7, 11) is 0. The van der Waals surface area contributed by atoms with Gasteiger partial charge < -0.3 is 15.1 Å². The van der Waals surface area contributed by atoms with E-state index in [1.165, 1.54) is 6.92 Å². The van der Waals surface area contributed by atoms with Crippen LogP contribution in [0.3, 0.4) is 0 Å². The molecule has 1 amide bonds. The lowest BCUT2D eigenvalue weighted by atomic mass is 9.84. The maximum Gasteiger partial charge on any atom is 0.234 e. The van der Waals surface area contributed by atoms with Gasteiger partial charge in [-0.25, -0.2) is 0 Å². The van der Waals surface area contributed by atoms with Crippen molar-refractivity contribution in [3.63, 3.8) is 0 Å². The number of nitrogens with one attached hydrogen (secondary N) is 2. The van der Waals surface area contributed by atoms with Crippen molar-refractivity contribution in [3.05, 3.63) is 111 Å². The number of thioether (sulfide) groups is 1. The van der Waals surface area contributed by atoms with Gasteiger partial charge in [0.05, 0.1) is 34.0 Å². The highest BCUT2D eigenvalue weighted by atomic mass is 32.2. The number of furan rings is 1. The normalized spacial score (nSPS) is 15.1. The quantitative estimate of drug-likeness (QED) is 0.385. The van der Waals surface area contributed by atoms with Crippen LogP contribution in [0.1, 0.15) is 47.2 Å². The average molecular weight is 512 g/mol. The molecule has 2 aromatic carbocycles. The summed E-state index contributed by atoms with van der Waals surface area (Å²) in [6, 6.07) is 21.4. The minimum Gasteiger partial charge on any atom is -0.465 e. The zero-order valence-corrected chi connectivity index (χ0v) is 21.4. The fraction of sp³-hybridized carbons (Fsp3) is 0.172. The molecule has 0 spiro atoms. The second-order valence-corrected chi connectivity index (χ2v) is 9.52. The summed E-state index contributed by atoms with van der Waals surface area (Å²) >= 11 is 1.15. The van der Waals surface area contributed by atoms with E-state index in [9.17, 15) is 19.6 Å². The Kier molecular flexibility index (Phi) is 7.75. The molecule has 0 bridgehead atoms. The molecule has 4 rings (SSSR count). The number of rotatable bonds is 8. The number of carbonyl (C=O) groups is 3. The lowest BCUT2D eigenvalue weighted by molar-refractivity contribution is -0.114. The van der Waals surface area contributed by atoms with Crippen molar-refractivity contribution in [1.29, 1.82) is 5.26 Å². The number of benzene rings is 2. The third-order valence-corrected chi connectivity index (χ3v) is 6.92. The van der Waals surface area contributed by atoms with Gasteiger partial charge in [0.15, 0.2) is 11.6 Å². The summed E-state index contributed by atoms with van der Waals surface area (Å²) in [5.74, 6) is -0.213. The minimum atomic E-state index is -0.660. The molecule has 0 fully saturated rings. The molecule has 2 N–H and O–H groups in total. The number of hydrogen-bond donors (Lipinski definition) is 2. The Morgan fingerprint density at radius 3 is 2.38 bits per heavy atom. The number of aryl methyl sites for hydroxylation is 1. The Morgan fingerprint density at radius 2 is 1.73 bits per heavy atom. The monoisotopic (exact) mass is 511 g/mol. The first kappa shape index (κ1) is 25.7. The number of nitriles is 1. The molecular weight excluding hydrogens is 486 g/mol. The molecule has 0 radical (unpaired) electrons. The summed E-state index contributed by atoms with van der Waals surface area (Å²) in [5, 5.41) is 16.4. The number of anilines is 1. The third kappa shape index (κ3) is 5.57. The van der Waals surface area contributed by atoms with Gasteiger partial charge in [0.1, 0.15) is 11.5 Å². The van der Waals surface area contributed by atoms with Crippen molar-refractivity contribution in [2.45, 2.75) is 26.7 Å². The predicted molar refractivity (Wildman–Crippen MR) is 143 cm³/mol. The predicted octanol–water partition coefficient (Wildman–Crippen LogP) is 5.48. The highest BCUT2D eigenvalue weighted by Crippen LogP contribution is 2.41. The van der Waals surface area contributed by atoms with Gasteiger partial charge in [-0.05, 0) is 45.0 Å². The lowest BCUT2D eigenvalue weighted by Crippen LogP contribution is -2.27. The number of para-hydroxylation sites is 1. The Balaban J connectivity index is 1.55. The number of dihydropyridines is 1. The highest BCUT2D eigenvalue weighted by Gasteiger charge is 2.35. The second kappa shape index (κ2) is 11.1. The second-order valence-electron chi connectivity index (χ2n) is 8.53. The topological polar surface area (TPSA) is 112 Å². The molecule has 0 saturated carbocycles. The minimum absolute atomic E-state index is 0.0199. The van der Waals surface area contributed by atoms with E-state index in [0.717, 1.165) is 11.8 Å². The van der Waals surface area contributed by atoms with Crippen LogP contribution < -0.4 is 10.6 Å². The standard InChI is InChI=1S/C29H25N3O4S/c1-17-13-14-24(36-17)27-22(15-30)29(31-18(2)26(27)19(3)33)37-16-25(34)32-23-12-8-7-11-21(23)28(35)20-9-5-4-6-10-20/h4-14,27,31H,16H2,1-3H3,(H,32,34)/t27-/m0/s1. The first-order chi connectivity index (χ1) is 17.8. The molecule has 7 nitrogen and oxygen atoms in total. The zero-order chi connectivity index (χ0) is 26.5. The molecule has 0 saturated heterocycles. The van der Waals surface area contributed by atoms with Crippen LogP contribution in [0.15, 0.2) is 93.0 Å². The highest BCUT2D eigenvalue weighted by molar-refractivity contribution is 8.03. The van der Waals surface area contributed by atoms with Crippen LogP contribution in [0, 0.1) is 18.3 Å². The molecule has 0 aliphatic carbocycles. The maximum absolute atomic E-state index is 13.0. The van der Waals surface area contributed by atoms with Gasteiger partial charge in [-0.2, -0.15) is 5.26 Å². The van der Waals surface area contributed by atoms with Gasteiger partial charge in [0.2, 0.25) is 5.91 Å². The first-order valence-corrected chi connectivity index (χ1v) is 12.6. The van der Waals surface area contributed by atoms with E-state index in [-0.39, 0.29) is 23.2 Å². The van der Waals surface area contributed by atoms with Crippen molar-refractivity contribution < 1.29 is 18.8 Å². The Morgan fingerprint density at radius 1 is 1.03 bits per heavy atom. The van der Waals surface area contributed by atoms with Gasteiger partial charge in [0.25, 0.3) is 0 Å². The maximum atomic E-state index is 13.0. The van der Waals surface area contributed by atoms with Crippen LogP contribution >= 0.6 is 11.8 Å². The van der Waals surface area contributed by atoms with E-state index in [4.69, 9.17) is 4.42 Å². The molecule has 1 atom stereocenters. The van der Waals surface area contributed by atoms with Gasteiger partial charge in [0, 0.05) is 22.4 Å². The molecule has 1 aliphatic heterocycles. The molecular formula is C29H25N3O4S. The Hall–Kier alpha value is -4.35. The van der Waals surface area contributed by atoms with Crippen molar-refractivity contribution >= 4 is 34.9 Å². The van der Waals surface area contributed by atoms with Crippen molar-refractivity contribution in [2.75, 3.05) is 11.1 Å². The van der Waals surface area contributed by atoms with Crippen LogP contribution in [0.2, 0.25) is 0 Å². The number of Topliss-reactive ketones (excluding diaryl/α,β-unsaturated/α-hetero) is 1. The van der Waals surface area contributed by atoms with Crippen LogP contribution in [-0.4, -0.2) is 23.2 Å². The summed E-state index contributed by atoms with van der Waals surface area (Å²) in [6.45, 7) is 5.02. The van der Waals surface area contributed by atoms with Crippen LogP contribution in [0.5, 0.6) is 0 Å².